The van der Waals surface area contributed by atoms with E-state index in [0.717, 1.165) is 4.90 Å². The van der Waals surface area contributed by atoms with Gasteiger partial charge in [-0.05, 0) is 20.9 Å². The predicted molar refractivity (Wildman–Crippen MR) is 45.0 cm³/mol. The molecule has 0 saturated carbocycles. The van der Waals surface area contributed by atoms with Crippen LogP contribution in [0.25, 0.3) is 0 Å². The molecule has 1 unspecified atom stereocenters. The fraction of sp³-hybridized carbons (Fsp3) is 0.875. The highest BCUT2D eigenvalue weighted by molar-refractivity contribution is 5.67. The van der Waals surface area contributed by atoms with Crippen LogP contribution in [0.15, 0.2) is 0 Å². The molecule has 0 bridgehead atoms. The molecule has 0 saturated heterocycles. The molecule has 0 aliphatic carbocycles. The molecule has 84 valence electrons. The molecule has 0 aromatic carbocycles. The van der Waals surface area contributed by atoms with Gasteiger partial charge in [0.05, 0.1) is 6.42 Å². The van der Waals surface area contributed by atoms with E-state index in [1.165, 1.54) is 7.05 Å². The van der Waals surface area contributed by atoms with Gasteiger partial charge >= 0.3 is 12.1 Å². The highest BCUT2D eigenvalue weighted by Gasteiger charge is 2.44. The van der Waals surface area contributed by atoms with Crippen molar-refractivity contribution in [1.82, 2.24) is 4.90 Å². The minimum Gasteiger partial charge on any atom is -0.481 e. The van der Waals surface area contributed by atoms with Crippen molar-refractivity contribution >= 4 is 5.97 Å². The summed E-state index contributed by atoms with van der Waals surface area (Å²) in [6, 6.07) is -2.26. The normalized spacial score (nSPS) is 14.9. The van der Waals surface area contributed by atoms with Gasteiger partial charge in [0, 0.05) is 6.04 Å². The molecule has 0 aromatic rings. The Morgan fingerprint density at radius 3 is 2.07 bits per heavy atom. The van der Waals surface area contributed by atoms with Crippen LogP contribution in [0.5, 0.6) is 0 Å². The van der Waals surface area contributed by atoms with Crippen LogP contribution in [-0.4, -0.2) is 41.3 Å². The minimum atomic E-state index is -4.50. The zero-order valence-electron chi connectivity index (χ0n) is 8.30. The first-order valence-electron chi connectivity index (χ1n) is 4.16. The molecule has 14 heavy (non-hydrogen) atoms. The van der Waals surface area contributed by atoms with Crippen molar-refractivity contribution in [3.63, 3.8) is 0 Å². The van der Waals surface area contributed by atoms with Gasteiger partial charge in [0.2, 0.25) is 0 Å². The molecule has 0 radical (unpaired) electrons. The van der Waals surface area contributed by atoms with Crippen molar-refractivity contribution in [3.8, 4) is 0 Å². The minimum absolute atomic E-state index is 0.346. The van der Waals surface area contributed by atoms with Gasteiger partial charge in [-0.15, -0.1) is 0 Å². The smallest absolute Gasteiger partial charge is 0.404 e. The highest BCUT2D eigenvalue weighted by Crippen LogP contribution is 2.27. The van der Waals surface area contributed by atoms with Crippen LogP contribution in [0.1, 0.15) is 20.3 Å². The standard InChI is InChI=1S/C8H14F3NO2/c1-5(2)12(3)6(4-7(13)14)8(9,10)11/h5-6H,4H2,1-3H3,(H,13,14). The summed E-state index contributed by atoms with van der Waals surface area (Å²) >= 11 is 0. The molecule has 0 fully saturated rings. The second kappa shape index (κ2) is 4.63. The van der Waals surface area contributed by atoms with E-state index in [1.807, 2.05) is 0 Å². The van der Waals surface area contributed by atoms with E-state index in [4.69, 9.17) is 5.11 Å². The molecule has 6 heteroatoms. The second-order valence-corrected chi connectivity index (χ2v) is 3.41. The number of nitrogens with zero attached hydrogens (tertiary/aromatic N) is 1. The maximum absolute atomic E-state index is 12.4. The highest BCUT2D eigenvalue weighted by atomic mass is 19.4. The van der Waals surface area contributed by atoms with Crippen LogP contribution in [0.2, 0.25) is 0 Å². The average Bonchev–Trinajstić information content (AvgIpc) is 1.96. The van der Waals surface area contributed by atoms with Crippen molar-refractivity contribution in [2.75, 3.05) is 7.05 Å². The summed E-state index contributed by atoms with van der Waals surface area (Å²) in [5.74, 6) is -1.44. The van der Waals surface area contributed by atoms with Gasteiger partial charge in [0.15, 0.2) is 0 Å². The van der Waals surface area contributed by atoms with Crippen molar-refractivity contribution < 1.29 is 23.1 Å². The summed E-state index contributed by atoms with van der Waals surface area (Å²) in [7, 11) is 1.27. The maximum atomic E-state index is 12.4. The first-order valence-corrected chi connectivity index (χ1v) is 4.16. The Labute approximate surface area is 80.5 Å². The first-order chi connectivity index (χ1) is 6.16. The summed E-state index contributed by atoms with van der Waals surface area (Å²) in [6.07, 6.45) is -5.42. The molecule has 1 atom stereocenters. The van der Waals surface area contributed by atoms with Crippen molar-refractivity contribution in [2.24, 2.45) is 0 Å². The zero-order chi connectivity index (χ0) is 11.5. The first kappa shape index (κ1) is 13.2. The van der Waals surface area contributed by atoms with Gasteiger partial charge in [-0.3, -0.25) is 9.69 Å². The monoisotopic (exact) mass is 213 g/mol. The Balaban J connectivity index is 4.64. The van der Waals surface area contributed by atoms with Gasteiger partial charge < -0.3 is 5.11 Å². The van der Waals surface area contributed by atoms with Crippen LogP contribution in [0.4, 0.5) is 13.2 Å². The molecule has 0 aliphatic rings. The van der Waals surface area contributed by atoms with E-state index in [9.17, 15) is 18.0 Å². The largest absolute Gasteiger partial charge is 0.481 e. The van der Waals surface area contributed by atoms with Gasteiger partial charge in [0.25, 0.3) is 0 Å². The molecule has 3 nitrogen and oxygen atoms in total. The summed E-state index contributed by atoms with van der Waals surface area (Å²) in [5.41, 5.74) is 0. The number of carboxylic acids is 1. The summed E-state index contributed by atoms with van der Waals surface area (Å²) in [6.45, 7) is 3.17. The SMILES string of the molecule is CC(C)N(C)C(CC(=O)O)C(F)(F)F. The van der Waals surface area contributed by atoms with Crippen molar-refractivity contribution in [1.29, 1.82) is 0 Å². The lowest BCUT2D eigenvalue weighted by Crippen LogP contribution is -2.47. The van der Waals surface area contributed by atoms with E-state index >= 15 is 0 Å². The third-order valence-electron chi connectivity index (χ3n) is 2.05. The molecule has 1 N–H and O–H groups in total. The lowest BCUT2D eigenvalue weighted by Gasteiger charge is -2.31. The summed E-state index contributed by atoms with van der Waals surface area (Å²) in [5, 5.41) is 8.35. The quantitative estimate of drug-likeness (QED) is 0.773. The number of carboxylic acid groups (broad SMARTS) is 1. The number of alkyl halides is 3. The lowest BCUT2D eigenvalue weighted by molar-refractivity contribution is -0.191. The molecular weight excluding hydrogens is 199 g/mol. The number of carbonyl (C=O) groups is 1. The number of rotatable bonds is 4. The molecule has 0 rings (SSSR count). The van der Waals surface area contributed by atoms with E-state index in [-0.39, 0.29) is 6.04 Å². The van der Waals surface area contributed by atoms with E-state index < -0.39 is 24.6 Å². The van der Waals surface area contributed by atoms with Gasteiger partial charge in [0.1, 0.15) is 6.04 Å². The van der Waals surface area contributed by atoms with Crippen LogP contribution in [0.3, 0.4) is 0 Å². The average molecular weight is 213 g/mol. The Morgan fingerprint density at radius 1 is 1.43 bits per heavy atom. The van der Waals surface area contributed by atoms with Crippen LogP contribution >= 0.6 is 0 Å². The van der Waals surface area contributed by atoms with Crippen molar-refractivity contribution in [2.45, 2.75) is 38.5 Å². The van der Waals surface area contributed by atoms with Crippen LogP contribution in [0, 0.1) is 0 Å². The van der Waals surface area contributed by atoms with Crippen LogP contribution in [-0.2, 0) is 4.79 Å². The maximum Gasteiger partial charge on any atom is 0.404 e. The van der Waals surface area contributed by atoms with Crippen molar-refractivity contribution in [3.05, 3.63) is 0 Å². The Morgan fingerprint density at radius 2 is 1.86 bits per heavy atom. The molecule has 0 spiro atoms. The summed E-state index contributed by atoms with van der Waals surface area (Å²) < 4.78 is 37.2. The van der Waals surface area contributed by atoms with E-state index in [0.29, 0.717) is 0 Å². The van der Waals surface area contributed by atoms with Gasteiger partial charge in [-0.25, -0.2) is 0 Å². The molecule has 0 amide bonds. The molecule has 0 aromatic heterocycles. The summed E-state index contributed by atoms with van der Waals surface area (Å²) in [4.78, 5) is 11.3. The fourth-order valence-corrected chi connectivity index (χ4v) is 1.02. The third-order valence-corrected chi connectivity index (χ3v) is 2.05. The Kier molecular flexibility index (Phi) is 4.38. The number of hydrogen-bond donors (Lipinski definition) is 1. The fourth-order valence-electron chi connectivity index (χ4n) is 1.02. The van der Waals surface area contributed by atoms with Gasteiger partial charge in [-0.2, -0.15) is 13.2 Å². The topological polar surface area (TPSA) is 40.5 Å². The zero-order valence-corrected chi connectivity index (χ0v) is 8.30. The van der Waals surface area contributed by atoms with Crippen LogP contribution < -0.4 is 0 Å². The van der Waals surface area contributed by atoms with E-state index in [2.05, 4.69) is 0 Å². The molecule has 0 heterocycles. The van der Waals surface area contributed by atoms with E-state index in [1.54, 1.807) is 13.8 Å². The number of aliphatic carboxylic acids is 1. The number of hydrogen-bond acceptors (Lipinski definition) is 2. The second-order valence-electron chi connectivity index (χ2n) is 3.41. The predicted octanol–water partition coefficient (Wildman–Crippen LogP) is 1.73. The number of halogens is 3. The lowest BCUT2D eigenvalue weighted by atomic mass is 10.1. The molecule has 0 aliphatic heterocycles. The Bertz CT molecular complexity index is 203. The van der Waals surface area contributed by atoms with Gasteiger partial charge in [-0.1, -0.05) is 0 Å². The molecular formula is C8H14F3NO2. The third kappa shape index (κ3) is 3.95. The Hall–Kier alpha value is -0.780.